The number of nitrogens with two attached hydrogens (primary N) is 1. The largest absolute Gasteiger partial charge is 0.496 e. The highest BCUT2D eigenvalue weighted by molar-refractivity contribution is 7.92. The number of fused-ring (bicyclic) bond motifs is 1. The Morgan fingerprint density at radius 2 is 1.85 bits per heavy atom. The highest BCUT2D eigenvalue weighted by Crippen LogP contribution is 2.36. The van der Waals surface area contributed by atoms with Crippen LogP contribution in [-0.4, -0.2) is 37.6 Å². The van der Waals surface area contributed by atoms with Crippen molar-refractivity contribution in [3.63, 3.8) is 0 Å². The van der Waals surface area contributed by atoms with Crippen LogP contribution in [0.1, 0.15) is 38.2 Å². The number of anilines is 2. The smallest absolute Gasteiger partial charge is 0.263 e. The molecule has 0 radical (unpaired) electrons. The van der Waals surface area contributed by atoms with Crippen molar-refractivity contribution in [2.75, 3.05) is 17.1 Å². The van der Waals surface area contributed by atoms with Crippen molar-refractivity contribution in [3.05, 3.63) is 71.4 Å². The standard InChI is InChI=1S/C29H32ClN5O3S/c1-3-18-14-19(15-20-17-32-29(34-28(18)20)33-22-10-8-21(31)9-11-22)24-13-12-23(16-26(24)38-2)35-39(36,37)27-7-5-4-6-25(27)30/h4-7,12-17,21-22,35H,3,8-11,31H2,1-2H3,(H,32,33,34)/t21-,22-. The Balaban J connectivity index is 1.44. The van der Waals surface area contributed by atoms with Gasteiger partial charge < -0.3 is 15.8 Å². The van der Waals surface area contributed by atoms with Gasteiger partial charge in [-0.2, -0.15) is 0 Å². The minimum atomic E-state index is -3.87. The molecular formula is C29H32ClN5O3S. The second-order valence-corrected chi connectivity index (χ2v) is 11.9. The van der Waals surface area contributed by atoms with Crippen LogP contribution < -0.4 is 20.5 Å². The van der Waals surface area contributed by atoms with Gasteiger partial charge in [-0.1, -0.05) is 30.7 Å². The third kappa shape index (κ3) is 5.95. The van der Waals surface area contributed by atoms with E-state index in [-0.39, 0.29) is 9.92 Å². The minimum Gasteiger partial charge on any atom is -0.496 e. The number of hydrogen-bond donors (Lipinski definition) is 3. The first kappa shape index (κ1) is 27.2. The van der Waals surface area contributed by atoms with Crippen LogP contribution in [0.4, 0.5) is 11.6 Å². The lowest BCUT2D eigenvalue weighted by atomic mass is 9.92. The number of benzene rings is 3. The van der Waals surface area contributed by atoms with Gasteiger partial charge in [-0.25, -0.2) is 18.4 Å². The lowest BCUT2D eigenvalue weighted by Crippen LogP contribution is -2.33. The molecule has 5 rings (SSSR count). The van der Waals surface area contributed by atoms with Gasteiger partial charge in [-0.3, -0.25) is 4.72 Å². The van der Waals surface area contributed by atoms with Crippen LogP contribution >= 0.6 is 11.6 Å². The van der Waals surface area contributed by atoms with Crippen LogP contribution in [0.2, 0.25) is 5.02 Å². The Hall–Kier alpha value is -3.40. The van der Waals surface area contributed by atoms with Crippen LogP contribution in [0.25, 0.3) is 22.0 Å². The number of ether oxygens (including phenoxy) is 1. The van der Waals surface area contributed by atoms with E-state index in [9.17, 15) is 8.42 Å². The maximum Gasteiger partial charge on any atom is 0.263 e. The normalized spacial score (nSPS) is 17.6. The van der Waals surface area contributed by atoms with Gasteiger partial charge in [0.25, 0.3) is 10.0 Å². The molecule has 1 fully saturated rings. The molecule has 3 aromatic carbocycles. The Labute approximate surface area is 234 Å². The van der Waals surface area contributed by atoms with Crippen LogP contribution in [0.3, 0.4) is 0 Å². The van der Waals surface area contributed by atoms with Gasteiger partial charge in [-0.15, -0.1) is 0 Å². The highest BCUT2D eigenvalue weighted by atomic mass is 35.5. The molecule has 0 saturated heterocycles. The van der Waals surface area contributed by atoms with Crippen LogP contribution in [0.15, 0.2) is 65.7 Å². The molecule has 0 aliphatic heterocycles. The number of hydrogen-bond acceptors (Lipinski definition) is 7. The van der Waals surface area contributed by atoms with Gasteiger partial charge in [0.05, 0.1) is 23.3 Å². The van der Waals surface area contributed by atoms with Gasteiger partial charge in [0, 0.05) is 35.3 Å². The summed E-state index contributed by atoms with van der Waals surface area (Å²) in [5.74, 6) is 1.17. The Morgan fingerprint density at radius 3 is 2.56 bits per heavy atom. The van der Waals surface area contributed by atoms with E-state index < -0.39 is 10.0 Å². The van der Waals surface area contributed by atoms with Gasteiger partial charge >= 0.3 is 0 Å². The fraction of sp³-hybridized carbons (Fsp3) is 0.310. The van der Waals surface area contributed by atoms with E-state index in [1.165, 1.54) is 6.07 Å². The van der Waals surface area contributed by atoms with Crippen molar-refractivity contribution in [2.24, 2.45) is 5.73 Å². The fourth-order valence-electron chi connectivity index (χ4n) is 5.03. The summed E-state index contributed by atoms with van der Waals surface area (Å²) >= 11 is 6.12. The lowest BCUT2D eigenvalue weighted by Gasteiger charge is -2.26. The van der Waals surface area contributed by atoms with Crippen LogP contribution in [0, 0.1) is 0 Å². The van der Waals surface area contributed by atoms with Crippen molar-refractivity contribution < 1.29 is 13.2 Å². The number of sulfonamides is 1. The SMILES string of the molecule is CCc1cc(-c2ccc(NS(=O)(=O)c3ccccc3Cl)cc2OC)cc2cnc(N[C@H]3CC[C@H](N)CC3)nc12. The average molecular weight is 566 g/mol. The summed E-state index contributed by atoms with van der Waals surface area (Å²) in [5.41, 5.74) is 10.2. The molecular weight excluding hydrogens is 534 g/mol. The summed E-state index contributed by atoms with van der Waals surface area (Å²) in [7, 11) is -2.31. The molecule has 0 unspecified atom stereocenters. The van der Waals surface area contributed by atoms with Crippen LogP contribution in [0.5, 0.6) is 5.75 Å². The highest BCUT2D eigenvalue weighted by Gasteiger charge is 2.21. The number of nitrogens with zero attached hydrogens (tertiary/aromatic N) is 2. The molecule has 0 atom stereocenters. The number of halogens is 1. The van der Waals surface area contributed by atoms with E-state index in [2.05, 4.69) is 28.0 Å². The molecule has 0 amide bonds. The zero-order chi connectivity index (χ0) is 27.6. The second-order valence-electron chi connectivity index (χ2n) is 9.83. The van der Waals surface area contributed by atoms with Gasteiger partial charge in [0.2, 0.25) is 5.95 Å². The topological polar surface area (TPSA) is 119 Å². The van der Waals surface area contributed by atoms with E-state index in [1.807, 2.05) is 18.3 Å². The van der Waals surface area contributed by atoms with Gasteiger partial charge in [0.1, 0.15) is 10.6 Å². The first-order valence-electron chi connectivity index (χ1n) is 13.0. The summed E-state index contributed by atoms with van der Waals surface area (Å²) in [6.45, 7) is 2.10. The third-order valence-electron chi connectivity index (χ3n) is 7.14. The Bertz CT molecular complexity index is 1600. The maximum atomic E-state index is 12.9. The van der Waals surface area contributed by atoms with E-state index in [0.29, 0.717) is 29.5 Å². The number of aromatic nitrogens is 2. The van der Waals surface area contributed by atoms with Crippen molar-refractivity contribution >= 4 is 44.2 Å². The molecule has 4 N–H and O–H groups in total. The van der Waals surface area contributed by atoms with E-state index in [0.717, 1.165) is 59.7 Å². The molecule has 39 heavy (non-hydrogen) atoms. The predicted octanol–water partition coefficient (Wildman–Crippen LogP) is 6.00. The van der Waals surface area contributed by atoms with Crippen molar-refractivity contribution in [3.8, 4) is 16.9 Å². The summed E-state index contributed by atoms with van der Waals surface area (Å²) in [6.07, 6.45) is 6.70. The van der Waals surface area contributed by atoms with Gasteiger partial charge in [-0.05, 0) is 79.6 Å². The number of nitrogens with one attached hydrogen (secondary N) is 2. The van der Waals surface area contributed by atoms with Crippen molar-refractivity contribution in [1.82, 2.24) is 9.97 Å². The molecule has 1 saturated carbocycles. The second kappa shape index (κ2) is 11.4. The molecule has 0 spiro atoms. The fourth-order valence-corrected chi connectivity index (χ4v) is 6.60. The predicted molar refractivity (Wildman–Crippen MR) is 157 cm³/mol. The molecule has 204 valence electrons. The number of methoxy groups -OCH3 is 1. The Kier molecular flexibility index (Phi) is 7.93. The first-order valence-corrected chi connectivity index (χ1v) is 14.9. The Morgan fingerprint density at radius 1 is 1.08 bits per heavy atom. The van der Waals surface area contributed by atoms with Crippen LogP contribution in [-0.2, 0) is 16.4 Å². The zero-order valence-electron chi connectivity index (χ0n) is 21.9. The summed E-state index contributed by atoms with van der Waals surface area (Å²) in [6, 6.07) is 16.3. The average Bonchev–Trinajstić information content (AvgIpc) is 2.93. The molecule has 8 nitrogen and oxygen atoms in total. The molecule has 1 heterocycles. The first-order chi connectivity index (χ1) is 18.8. The molecule has 1 aromatic heterocycles. The monoisotopic (exact) mass is 565 g/mol. The molecule has 4 aromatic rings. The van der Waals surface area contributed by atoms with Crippen molar-refractivity contribution in [1.29, 1.82) is 0 Å². The summed E-state index contributed by atoms with van der Waals surface area (Å²) in [4.78, 5) is 9.46. The van der Waals surface area contributed by atoms with Gasteiger partial charge in [0.15, 0.2) is 0 Å². The summed E-state index contributed by atoms with van der Waals surface area (Å²) < 4.78 is 34.1. The molecule has 1 aliphatic rings. The number of rotatable bonds is 8. The van der Waals surface area contributed by atoms with Crippen molar-refractivity contribution in [2.45, 2.75) is 56.0 Å². The summed E-state index contributed by atoms with van der Waals surface area (Å²) in [5, 5.41) is 4.56. The quantitative estimate of drug-likeness (QED) is 0.239. The number of aryl methyl sites for hydroxylation is 1. The molecule has 0 bridgehead atoms. The van der Waals surface area contributed by atoms with E-state index >= 15 is 0 Å². The molecule has 1 aliphatic carbocycles. The maximum absolute atomic E-state index is 12.9. The molecule has 10 heteroatoms. The zero-order valence-corrected chi connectivity index (χ0v) is 23.5. The lowest BCUT2D eigenvalue weighted by molar-refractivity contribution is 0.410. The third-order valence-corrected chi connectivity index (χ3v) is 9.02. The van der Waals surface area contributed by atoms with E-state index in [4.69, 9.17) is 27.1 Å². The van der Waals surface area contributed by atoms with E-state index in [1.54, 1.807) is 37.4 Å². The minimum absolute atomic E-state index is 0.0118.